The van der Waals surface area contributed by atoms with Crippen molar-refractivity contribution < 1.29 is 10.2 Å². The van der Waals surface area contributed by atoms with Gasteiger partial charge >= 0.3 is 0 Å². The lowest BCUT2D eigenvalue weighted by atomic mass is 9.88. The molecule has 3 N–H and O–H groups in total. The average molecular weight is 270 g/mol. The maximum atomic E-state index is 9.94. The number of piperidine rings is 1. The molecule has 0 bridgehead atoms. The number of nitrogens with zero attached hydrogens (tertiary/aromatic N) is 1. The van der Waals surface area contributed by atoms with Gasteiger partial charge in [-0.2, -0.15) is 0 Å². The summed E-state index contributed by atoms with van der Waals surface area (Å²) in [5.74, 6) is 1.24. The fourth-order valence-corrected chi connectivity index (χ4v) is 3.58. The Morgan fingerprint density at radius 3 is 2.53 bits per heavy atom. The first-order valence-corrected chi connectivity index (χ1v) is 7.92. The van der Waals surface area contributed by atoms with E-state index in [0.29, 0.717) is 24.5 Å². The molecular weight excluding hydrogens is 240 g/mol. The van der Waals surface area contributed by atoms with Gasteiger partial charge in [-0.1, -0.05) is 6.92 Å². The Balaban J connectivity index is 1.96. The highest BCUT2D eigenvalue weighted by molar-refractivity contribution is 4.93. The number of aliphatic hydroxyl groups excluding tert-OH is 2. The minimum atomic E-state index is -0.238. The quantitative estimate of drug-likeness (QED) is 0.641. The van der Waals surface area contributed by atoms with Crippen LogP contribution in [-0.4, -0.2) is 59.5 Å². The van der Waals surface area contributed by atoms with E-state index in [1.807, 2.05) is 6.92 Å². The summed E-state index contributed by atoms with van der Waals surface area (Å²) >= 11 is 0. The lowest BCUT2D eigenvalue weighted by Crippen LogP contribution is -2.55. The Morgan fingerprint density at radius 1 is 1.26 bits per heavy atom. The summed E-state index contributed by atoms with van der Waals surface area (Å²) in [4.78, 5) is 2.59. The van der Waals surface area contributed by atoms with Gasteiger partial charge in [-0.25, -0.2) is 0 Å². The molecule has 4 nitrogen and oxygen atoms in total. The van der Waals surface area contributed by atoms with E-state index >= 15 is 0 Å². The molecule has 0 aromatic rings. The first kappa shape index (κ1) is 15.2. The lowest BCUT2D eigenvalue weighted by molar-refractivity contribution is 0.0225. The van der Waals surface area contributed by atoms with E-state index in [1.54, 1.807) is 0 Å². The fraction of sp³-hybridized carbons (Fsp3) is 1.00. The van der Waals surface area contributed by atoms with E-state index in [9.17, 15) is 5.11 Å². The molecule has 1 saturated heterocycles. The zero-order chi connectivity index (χ0) is 13.8. The summed E-state index contributed by atoms with van der Waals surface area (Å²) < 4.78 is 0. The van der Waals surface area contributed by atoms with Crippen molar-refractivity contribution >= 4 is 0 Å². The molecule has 112 valence electrons. The predicted octanol–water partition coefficient (Wildman–Crippen LogP) is 0.828. The average Bonchev–Trinajstić information content (AvgIpc) is 3.21. The molecule has 0 aromatic carbocycles. The highest BCUT2D eigenvalue weighted by Gasteiger charge is 2.38. The lowest BCUT2D eigenvalue weighted by Gasteiger charge is -2.43. The zero-order valence-electron chi connectivity index (χ0n) is 12.4. The van der Waals surface area contributed by atoms with Crippen LogP contribution in [-0.2, 0) is 0 Å². The van der Waals surface area contributed by atoms with Crippen molar-refractivity contribution in [2.45, 2.75) is 57.7 Å². The van der Waals surface area contributed by atoms with Crippen molar-refractivity contribution in [2.75, 3.05) is 26.2 Å². The molecule has 2 fully saturated rings. The van der Waals surface area contributed by atoms with Crippen molar-refractivity contribution in [3.05, 3.63) is 0 Å². The second kappa shape index (κ2) is 7.02. The molecule has 1 saturated carbocycles. The maximum Gasteiger partial charge on any atom is 0.0556 e. The molecule has 0 amide bonds. The standard InChI is InChI=1S/C15H30N2O2/c1-3-15(12-4-5-12)17-9-13(11(2)19)8-14(10-17)16-6-7-18/h11-16,18-19H,3-10H2,1-2H3. The van der Waals surface area contributed by atoms with Crippen LogP contribution in [0.4, 0.5) is 0 Å². The Labute approximate surface area is 117 Å². The molecule has 1 aliphatic heterocycles. The summed E-state index contributed by atoms with van der Waals surface area (Å²) in [6.07, 6.45) is 4.75. The van der Waals surface area contributed by atoms with Crippen LogP contribution in [0.2, 0.25) is 0 Å². The van der Waals surface area contributed by atoms with Gasteiger partial charge in [0.25, 0.3) is 0 Å². The molecule has 2 rings (SSSR count). The first-order valence-electron chi connectivity index (χ1n) is 7.92. The Morgan fingerprint density at radius 2 is 2.00 bits per heavy atom. The van der Waals surface area contributed by atoms with Gasteiger partial charge in [0.1, 0.15) is 0 Å². The second-order valence-electron chi connectivity index (χ2n) is 6.38. The molecule has 0 aromatic heterocycles. The Hall–Kier alpha value is -0.160. The summed E-state index contributed by atoms with van der Waals surface area (Å²) in [5, 5.41) is 22.3. The fourth-order valence-electron chi connectivity index (χ4n) is 3.58. The van der Waals surface area contributed by atoms with Crippen LogP contribution < -0.4 is 5.32 Å². The largest absolute Gasteiger partial charge is 0.395 e. The number of hydrogen-bond donors (Lipinski definition) is 3. The smallest absolute Gasteiger partial charge is 0.0556 e. The van der Waals surface area contributed by atoms with E-state index in [0.717, 1.165) is 25.4 Å². The van der Waals surface area contributed by atoms with E-state index < -0.39 is 0 Å². The number of aliphatic hydroxyl groups is 2. The van der Waals surface area contributed by atoms with Gasteiger partial charge < -0.3 is 15.5 Å². The number of nitrogens with one attached hydrogen (secondary N) is 1. The molecule has 4 heteroatoms. The molecule has 2 aliphatic rings. The van der Waals surface area contributed by atoms with E-state index in [4.69, 9.17) is 5.11 Å². The third-order valence-corrected chi connectivity index (χ3v) is 4.79. The number of likely N-dealkylation sites (tertiary alicyclic amines) is 1. The topological polar surface area (TPSA) is 55.7 Å². The van der Waals surface area contributed by atoms with Gasteiger partial charge in [-0.3, -0.25) is 4.90 Å². The highest BCUT2D eigenvalue weighted by atomic mass is 16.3. The van der Waals surface area contributed by atoms with Gasteiger partial charge in [-0.05, 0) is 44.4 Å². The highest BCUT2D eigenvalue weighted by Crippen LogP contribution is 2.38. The third-order valence-electron chi connectivity index (χ3n) is 4.79. The summed E-state index contributed by atoms with van der Waals surface area (Å²) in [6.45, 7) is 7.14. The third kappa shape index (κ3) is 4.15. The summed E-state index contributed by atoms with van der Waals surface area (Å²) in [7, 11) is 0. The van der Waals surface area contributed by atoms with E-state index in [-0.39, 0.29) is 12.7 Å². The number of rotatable bonds is 7. The van der Waals surface area contributed by atoms with Crippen LogP contribution in [0.25, 0.3) is 0 Å². The molecule has 0 radical (unpaired) electrons. The van der Waals surface area contributed by atoms with Gasteiger partial charge in [-0.15, -0.1) is 0 Å². The van der Waals surface area contributed by atoms with Crippen LogP contribution in [0.3, 0.4) is 0 Å². The van der Waals surface area contributed by atoms with Gasteiger partial charge in [0.05, 0.1) is 12.7 Å². The Bertz CT molecular complexity index is 269. The summed E-state index contributed by atoms with van der Waals surface area (Å²) in [5.41, 5.74) is 0. The van der Waals surface area contributed by atoms with Crippen LogP contribution in [0.1, 0.15) is 39.5 Å². The Kier molecular flexibility index (Phi) is 5.63. The predicted molar refractivity (Wildman–Crippen MR) is 77.0 cm³/mol. The minimum Gasteiger partial charge on any atom is -0.395 e. The van der Waals surface area contributed by atoms with Gasteiger partial charge in [0.2, 0.25) is 0 Å². The molecule has 1 heterocycles. The number of hydrogen-bond acceptors (Lipinski definition) is 4. The normalized spacial score (nSPS) is 32.2. The van der Waals surface area contributed by atoms with Crippen molar-refractivity contribution in [1.29, 1.82) is 0 Å². The van der Waals surface area contributed by atoms with Crippen LogP contribution in [0.5, 0.6) is 0 Å². The minimum absolute atomic E-state index is 0.190. The van der Waals surface area contributed by atoms with Crippen molar-refractivity contribution in [3.63, 3.8) is 0 Å². The molecular formula is C15H30N2O2. The molecule has 0 spiro atoms. The van der Waals surface area contributed by atoms with Gasteiger partial charge in [0, 0.05) is 31.7 Å². The SMILES string of the molecule is CCC(C1CC1)N1CC(NCCO)CC(C(C)O)C1. The van der Waals surface area contributed by atoms with Crippen LogP contribution in [0, 0.1) is 11.8 Å². The monoisotopic (exact) mass is 270 g/mol. The second-order valence-corrected chi connectivity index (χ2v) is 6.38. The molecule has 4 unspecified atom stereocenters. The molecule has 19 heavy (non-hydrogen) atoms. The van der Waals surface area contributed by atoms with Crippen LogP contribution >= 0.6 is 0 Å². The van der Waals surface area contributed by atoms with Crippen molar-refractivity contribution in [3.8, 4) is 0 Å². The maximum absolute atomic E-state index is 9.94. The first-order chi connectivity index (χ1) is 9.15. The molecule has 1 aliphatic carbocycles. The van der Waals surface area contributed by atoms with E-state index in [1.165, 1.54) is 19.3 Å². The zero-order valence-corrected chi connectivity index (χ0v) is 12.4. The molecule has 4 atom stereocenters. The van der Waals surface area contributed by atoms with Crippen molar-refractivity contribution in [1.82, 2.24) is 10.2 Å². The van der Waals surface area contributed by atoms with E-state index in [2.05, 4.69) is 17.1 Å². The van der Waals surface area contributed by atoms with Gasteiger partial charge in [0.15, 0.2) is 0 Å². The van der Waals surface area contributed by atoms with Crippen LogP contribution in [0.15, 0.2) is 0 Å². The van der Waals surface area contributed by atoms with Crippen molar-refractivity contribution in [2.24, 2.45) is 11.8 Å². The summed E-state index contributed by atoms with van der Waals surface area (Å²) in [6, 6.07) is 1.10.